The molecular formula is C21H14N4O4S2. The minimum atomic E-state index is -0.427. The van der Waals surface area contributed by atoms with Crippen LogP contribution in [0.3, 0.4) is 0 Å². The molecule has 0 N–H and O–H groups in total. The smallest absolute Gasteiger partial charge is 0.269 e. The van der Waals surface area contributed by atoms with Crippen LogP contribution in [-0.2, 0) is 0 Å². The molecule has 0 radical (unpaired) electrons. The van der Waals surface area contributed by atoms with E-state index in [-0.39, 0.29) is 11.4 Å². The van der Waals surface area contributed by atoms with Gasteiger partial charge in [-0.05, 0) is 48.5 Å². The normalized spacial score (nSPS) is 10.7. The van der Waals surface area contributed by atoms with Crippen LogP contribution in [0, 0.1) is 20.2 Å². The second kappa shape index (κ2) is 9.02. The van der Waals surface area contributed by atoms with Crippen LogP contribution >= 0.6 is 23.5 Å². The molecule has 0 saturated heterocycles. The fraction of sp³-hybridized carbons (Fsp3) is 0. The first kappa shape index (κ1) is 20.6. The Morgan fingerprint density at radius 1 is 0.677 bits per heavy atom. The van der Waals surface area contributed by atoms with Gasteiger partial charge in [0.1, 0.15) is 5.82 Å². The number of nitrogens with zero attached hydrogens (tertiary/aromatic N) is 4. The molecule has 4 aromatic rings. The predicted molar refractivity (Wildman–Crippen MR) is 118 cm³/mol. The summed E-state index contributed by atoms with van der Waals surface area (Å²) in [4.78, 5) is 27.1. The van der Waals surface area contributed by atoms with Gasteiger partial charge in [-0.25, -0.2) is 4.98 Å². The van der Waals surface area contributed by atoms with Crippen LogP contribution in [0.15, 0.2) is 105 Å². The third-order valence-corrected chi connectivity index (χ3v) is 6.30. The number of pyridine rings is 1. The monoisotopic (exact) mass is 450 g/mol. The fourth-order valence-electron chi connectivity index (χ4n) is 2.78. The lowest BCUT2D eigenvalue weighted by atomic mass is 10.3. The summed E-state index contributed by atoms with van der Waals surface area (Å²) in [6, 6.07) is 22.3. The molecule has 0 amide bonds. The van der Waals surface area contributed by atoms with Gasteiger partial charge in [0.15, 0.2) is 0 Å². The molecule has 0 aliphatic carbocycles. The zero-order valence-electron chi connectivity index (χ0n) is 15.8. The Bertz CT molecular complexity index is 1150. The first-order valence-corrected chi connectivity index (χ1v) is 10.6. The van der Waals surface area contributed by atoms with Crippen LogP contribution in [0.4, 0.5) is 11.4 Å². The first-order valence-electron chi connectivity index (χ1n) is 8.99. The van der Waals surface area contributed by atoms with Crippen LogP contribution in [0.25, 0.3) is 5.82 Å². The molecule has 2 heterocycles. The lowest BCUT2D eigenvalue weighted by molar-refractivity contribution is -0.385. The van der Waals surface area contributed by atoms with Gasteiger partial charge in [-0.2, -0.15) is 0 Å². The van der Waals surface area contributed by atoms with Gasteiger partial charge in [0.2, 0.25) is 0 Å². The van der Waals surface area contributed by atoms with Gasteiger partial charge in [0, 0.05) is 40.3 Å². The Morgan fingerprint density at radius 2 is 1.16 bits per heavy atom. The molecular weight excluding hydrogens is 436 g/mol. The van der Waals surface area contributed by atoms with E-state index in [0.717, 1.165) is 25.7 Å². The van der Waals surface area contributed by atoms with Crippen LogP contribution in [0.5, 0.6) is 0 Å². The molecule has 154 valence electrons. The Labute approximate surface area is 185 Å². The Morgan fingerprint density at radius 3 is 1.55 bits per heavy atom. The fourth-order valence-corrected chi connectivity index (χ4v) is 4.71. The summed E-state index contributed by atoms with van der Waals surface area (Å²) in [6.45, 7) is 0. The molecule has 4 rings (SSSR count). The molecule has 8 nitrogen and oxygen atoms in total. The number of hydrogen-bond acceptors (Lipinski definition) is 7. The van der Waals surface area contributed by atoms with Crippen molar-refractivity contribution in [2.24, 2.45) is 0 Å². The highest BCUT2D eigenvalue weighted by molar-refractivity contribution is 8.00. The van der Waals surface area contributed by atoms with E-state index in [9.17, 15) is 20.2 Å². The number of nitro groups is 2. The van der Waals surface area contributed by atoms with E-state index in [1.54, 1.807) is 30.5 Å². The number of non-ortho nitro benzene ring substituents is 2. The first-order chi connectivity index (χ1) is 15.0. The Kier molecular flexibility index (Phi) is 6.01. The van der Waals surface area contributed by atoms with Crippen LogP contribution in [0.1, 0.15) is 0 Å². The van der Waals surface area contributed by atoms with Crippen LogP contribution < -0.4 is 0 Å². The lowest BCUT2D eigenvalue weighted by Crippen LogP contribution is -2.00. The van der Waals surface area contributed by atoms with E-state index in [4.69, 9.17) is 0 Å². The number of nitro benzene ring substituents is 2. The summed E-state index contributed by atoms with van der Waals surface area (Å²) in [5.74, 6) is 0.723. The van der Waals surface area contributed by atoms with Gasteiger partial charge in [-0.15, -0.1) is 0 Å². The van der Waals surface area contributed by atoms with E-state index in [2.05, 4.69) is 4.98 Å². The summed E-state index contributed by atoms with van der Waals surface area (Å²) in [7, 11) is 0. The molecule has 0 unspecified atom stereocenters. The molecule has 0 aliphatic rings. The van der Waals surface area contributed by atoms with Crippen molar-refractivity contribution in [3.63, 3.8) is 0 Å². The highest BCUT2D eigenvalue weighted by atomic mass is 32.2. The summed E-state index contributed by atoms with van der Waals surface area (Å²) in [5.41, 5.74) is 0.0812. The van der Waals surface area contributed by atoms with Crippen molar-refractivity contribution in [2.45, 2.75) is 19.8 Å². The Hall–Kier alpha value is -3.63. The standard InChI is InChI=1S/C21H14N4O4S2/c26-24(27)15-4-8-17(9-5-15)30-20-12-13-21(23(20)19-3-1-2-14-22-19)31-18-10-6-16(7-11-18)25(28)29/h1-14H. The molecule has 0 fully saturated rings. The molecule has 0 bridgehead atoms. The third-order valence-electron chi connectivity index (χ3n) is 4.23. The zero-order valence-corrected chi connectivity index (χ0v) is 17.5. The quantitative estimate of drug-likeness (QED) is 0.251. The van der Waals surface area contributed by atoms with E-state index in [0.29, 0.717) is 0 Å². The van der Waals surface area contributed by atoms with E-state index >= 15 is 0 Å². The van der Waals surface area contributed by atoms with Crippen molar-refractivity contribution in [2.75, 3.05) is 0 Å². The Balaban J connectivity index is 1.67. The SMILES string of the molecule is O=[N+]([O-])c1ccc(Sc2ccc(Sc3ccc([N+](=O)[O-])cc3)n2-c2ccccn2)cc1. The molecule has 0 spiro atoms. The van der Waals surface area contributed by atoms with Crippen molar-refractivity contribution >= 4 is 34.9 Å². The molecule has 0 atom stereocenters. The van der Waals surface area contributed by atoms with Crippen molar-refractivity contribution in [1.29, 1.82) is 0 Å². The van der Waals surface area contributed by atoms with Gasteiger partial charge in [0.25, 0.3) is 11.4 Å². The van der Waals surface area contributed by atoms with Gasteiger partial charge in [-0.3, -0.25) is 24.8 Å². The van der Waals surface area contributed by atoms with Gasteiger partial charge < -0.3 is 0 Å². The lowest BCUT2D eigenvalue weighted by Gasteiger charge is -2.12. The molecule has 0 saturated carbocycles. The maximum absolute atomic E-state index is 10.9. The minimum Gasteiger partial charge on any atom is -0.283 e. The second-order valence-electron chi connectivity index (χ2n) is 6.24. The highest BCUT2D eigenvalue weighted by Gasteiger charge is 2.15. The van der Waals surface area contributed by atoms with Crippen molar-refractivity contribution in [3.05, 3.63) is 105 Å². The number of aromatic nitrogens is 2. The molecule has 10 heteroatoms. The summed E-state index contributed by atoms with van der Waals surface area (Å²) in [6.07, 6.45) is 1.70. The zero-order chi connectivity index (χ0) is 21.8. The van der Waals surface area contributed by atoms with Crippen molar-refractivity contribution in [1.82, 2.24) is 9.55 Å². The minimum absolute atomic E-state index is 0.0406. The summed E-state index contributed by atoms with van der Waals surface area (Å²) < 4.78 is 1.98. The summed E-state index contributed by atoms with van der Waals surface area (Å²) in [5, 5.41) is 23.6. The van der Waals surface area contributed by atoms with Gasteiger partial charge in [-0.1, -0.05) is 29.6 Å². The van der Waals surface area contributed by atoms with E-state index < -0.39 is 9.85 Å². The average Bonchev–Trinajstić information content (AvgIpc) is 3.17. The molecule has 31 heavy (non-hydrogen) atoms. The third kappa shape index (κ3) is 4.76. The maximum atomic E-state index is 10.9. The van der Waals surface area contributed by atoms with Crippen LogP contribution in [-0.4, -0.2) is 19.4 Å². The number of benzene rings is 2. The van der Waals surface area contributed by atoms with Crippen LogP contribution in [0.2, 0.25) is 0 Å². The molecule has 2 aromatic carbocycles. The molecule has 0 aliphatic heterocycles. The largest absolute Gasteiger partial charge is 0.283 e. The van der Waals surface area contributed by atoms with Gasteiger partial charge >= 0.3 is 0 Å². The number of hydrogen-bond donors (Lipinski definition) is 0. The molecule has 2 aromatic heterocycles. The average molecular weight is 451 g/mol. The number of rotatable bonds is 7. The van der Waals surface area contributed by atoms with Gasteiger partial charge in [0.05, 0.1) is 19.9 Å². The van der Waals surface area contributed by atoms with E-state index in [1.165, 1.54) is 47.8 Å². The highest BCUT2D eigenvalue weighted by Crippen LogP contribution is 2.38. The van der Waals surface area contributed by atoms with Crippen molar-refractivity contribution in [3.8, 4) is 5.82 Å². The second-order valence-corrected chi connectivity index (χ2v) is 8.43. The predicted octanol–water partition coefficient (Wildman–Crippen LogP) is 5.99. The van der Waals surface area contributed by atoms with E-state index in [1.807, 2.05) is 34.9 Å². The van der Waals surface area contributed by atoms with Crippen molar-refractivity contribution < 1.29 is 9.85 Å². The topological polar surface area (TPSA) is 104 Å². The maximum Gasteiger partial charge on any atom is 0.269 e. The summed E-state index contributed by atoms with van der Waals surface area (Å²) >= 11 is 2.93.